The van der Waals surface area contributed by atoms with Crippen molar-refractivity contribution in [3.63, 3.8) is 0 Å². The maximum atomic E-state index is 12.5. The molecule has 0 unspecified atom stereocenters. The van der Waals surface area contributed by atoms with E-state index in [2.05, 4.69) is 5.32 Å². The summed E-state index contributed by atoms with van der Waals surface area (Å²) in [5.74, 6) is -1.42. The summed E-state index contributed by atoms with van der Waals surface area (Å²) >= 11 is 0. The minimum absolute atomic E-state index is 0.00173. The quantitative estimate of drug-likeness (QED) is 0.707. The fraction of sp³-hybridized carbons (Fsp3) is 0.176. The molecule has 4 rings (SSSR count). The Kier molecular flexibility index (Phi) is 3.05. The van der Waals surface area contributed by atoms with E-state index < -0.39 is 17.4 Å². The molecule has 0 aliphatic carbocycles. The number of benzene rings is 1. The summed E-state index contributed by atoms with van der Waals surface area (Å²) < 4.78 is 1.18. The minimum atomic E-state index is -0.630. The Hall–Kier alpha value is -3.42. The van der Waals surface area contributed by atoms with Crippen molar-refractivity contribution in [2.75, 3.05) is 19.3 Å². The molecule has 3 amide bonds. The fourth-order valence-electron chi connectivity index (χ4n) is 3.28. The number of carbonyl (C=O) groups is 3. The second-order valence-corrected chi connectivity index (χ2v) is 6.09. The Balaban J connectivity index is 1.91. The van der Waals surface area contributed by atoms with Crippen LogP contribution in [0.5, 0.6) is 0 Å². The van der Waals surface area contributed by atoms with Gasteiger partial charge in [0.2, 0.25) is 0 Å². The molecule has 8 nitrogen and oxygen atoms in total. The van der Waals surface area contributed by atoms with Crippen molar-refractivity contribution in [2.24, 2.45) is 0 Å². The van der Waals surface area contributed by atoms with E-state index in [-0.39, 0.29) is 22.9 Å². The number of pyridine rings is 1. The number of nitrogens with zero attached hydrogens (tertiary/aromatic N) is 2. The number of nitrogen functional groups attached to an aromatic ring is 1. The van der Waals surface area contributed by atoms with Crippen LogP contribution in [0, 0.1) is 0 Å². The summed E-state index contributed by atoms with van der Waals surface area (Å²) in [6.45, 7) is 0.584. The average Bonchev–Trinajstić information content (AvgIpc) is 2.85. The van der Waals surface area contributed by atoms with E-state index in [1.807, 2.05) is 0 Å². The molecular weight excluding hydrogens is 324 g/mol. The van der Waals surface area contributed by atoms with E-state index in [9.17, 15) is 19.2 Å². The van der Waals surface area contributed by atoms with Gasteiger partial charge in [0.15, 0.2) is 0 Å². The van der Waals surface area contributed by atoms with Crippen molar-refractivity contribution in [1.29, 1.82) is 0 Å². The van der Waals surface area contributed by atoms with Crippen molar-refractivity contribution >= 4 is 23.5 Å². The molecule has 0 saturated carbocycles. The maximum Gasteiger partial charge on any atom is 0.262 e. The van der Waals surface area contributed by atoms with E-state index in [1.165, 1.54) is 4.57 Å². The van der Waals surface area contributed by atoms with Gasteiger partial charge in [-0.25, -0.2) is 0 Å². The zero-order valence-corrected chi connectivity index (χ0v) is 13.3. The van der Waals surface area contributed by atoms with Gasteiger partial charge < -0.3 is 10.6 Å². The predicted octanol–water partition coefficient (Wildman–Crippen LogP) is -0.0686. The number of anilines is 1. The lowest BCUT2D eigenvalue weighted by Crippen LogP contribution is -2.34. The molecule has 0 radical (unpaired) electrons. The summed E-state index contributed by atoms with van der Waals surface area (Å²) in [5, 5.41) is 2.13. The van der Waals surface area contributed by atoms with Gasteiger partial charge in [-0.05, 0) is 30.2 Å². The van der Waals surface area contributed by atoms with E-state index in [4.69, 9.17) is 5.73 Å². The zero-order valence-electron chi connectivity index (χ0n) is 13.3. The molecule has 3 heterocycles. The number of aromatic nitrogens is 1. The summed E-state index contributed by atoms with van der Waals surface area (Å²) in [5.41, 5.74) is 7.34. The summed E-state index contributed by atoms with van der Waals surface area (Å²) in [4.78, 5) is 49.9. The summed E-state index contributed by atoms with van der Waals surface area (Å²) in [6.07, 6.45) is 0.657. The SMILES string of the molecule is CN1CCc2cc(-n3c(N)c4c(cc3=O)C(=O)NC4=O)ccc2C1=O. The molecule has 1 aromatic carbocycles. The first-order valence-corrected chi connectivity index (χ1v) is 7.68. The molecule has 0 fully saturated rings. The van der Waals surface area contributed by atoms with Gasteiger partial charge in [-0.3, -0.25) is 29.1 Å². The van der Waals surface area contributed by atoms with Crippen LogP contribution in [0.4, 0.5) is 5.82 Å². The monoisotopic (exact) mass is 338 g/mol. The third-order valence-electron chi connectivity index (χ3n) is 4.59. The molecule has 0 atom stereocenters. The maximum absolute atomic E-state index is 12.5. The van der Waals surface area contributed by atoms with Gasteiger partial charge in [-0.1, -0.05) is 0 Å². The Bertz CT molecular complexity index is 1040. The van der Waals surface area contributed by atoms with Gasteiger partial charge in [0.25, 0.3) is 23.3 Å². The van der Waals surface area contributed by atoms with Crippen LogP contribution in [0.1, 0.15) is 36.6 Å². The number of hydrogen-bond acceptors (Lipinski definition) is 5. The van der Waals surface area contributed by atoms with Crippen LogP contribution < -0.4 is 16.6 Å². The predicted molar refractivity (Wildman–Crippen MR) is 88.9 cm³/mol. The first-order chi connectivity index (χ1) is 11.9. The standard InChI is InChI=1S/C17H14N4O4/c1-20-5-4-8-6-9(2-3-10(8)17(20)25)21-12(22)7-11-13(14(21)18)16(24)19-15(11)23/h2-3,6-7H,4-5,18H2,1H3,(H,19,23,24). The highest BCUT2D eigenvalue weighted by Gasteiger charge is 2.32. The molecule has 2 aliphatic heterocycles. The Morgan fingerprint density at radius 1 is 1.04 bits per heavy atom. The van der Waals surface area contributed by atoms with Crippen LogP contribution in [0.2, 0.25) is 0 Å². The average molecular weight is 338 g/mol. The molecule has 0 saturated heterocycles. The van der Waals surface area contributed by atoms with Crippen LogP contribution in [0.25, 0.3) is 5.69 Å². The summed E-state index contributed by atoms with van der Waals surface area (Å²) in [7, 11) is 1.73. The molecule has 0 spiro atoms. The normalized spacial score (nSPS) is 15.9. The molecule has 0 bridgehead atoms. The Labute approximate surface area is 141 Å². The zero-order chi connectivity index (χ0) is 17.9. The lowest BCUT2D eigenvalue weighted by Gasteiger charge is -2.25. The molecule has 8 heteroatoms. The van der Waals surface area contributed by atoms with Crippen LogP contribution in [-0.4, -0.2) is 40.8 Å². The van der Waals surface area contributed by atoms with Crippen LogP contribution in [0.15, 0.2) is 29.1 Å². The number of fused-ring (bicyclic) bond motifs is 2. The first-order valence-electron chi connectivity index (χ1n) is 7.68. The smallest absolute Gasteiger partial charge is 0.262 e. The highest BCUT2D eigenvalue weighted by atomic mass is 16.2. The van der Waals surface area contributed by atoms with E-state index in [0.717, 1.165) is 11.6 Å². The molecular formula is C17H14N4O4. The van der Waals surface area contributed by atoms with Gasteiger partial charge in [0.1, 0.15) is 5.82 Å². The van der Waals surface area contributed by atoms with E-state index in [0.29, 0.717) is 24.2 Å². The summed E-state index contributed by atoms with van der Waals surface area (Å²) in [6, 6.07) is 6.07. The van der Waals surface area contributed by atoms with Crippen molar-refractivity contribution in [3.05, 3.63) is 56.9 Å². The van der Waals surface area contributed by atoms with Crippen molar-refractivity contribution < 1.29 is 14.4 Å². The van der Waals surface area contributed by atoms with Gasteiger partial charge in [-0.2, -0.15) is 0 Å². The molecule has 2 aliphatic rings. The van der Waals surface area contributed by atoms with E-state index in [1.54, 1.807) is 30.1 Å². The second-order valence-electron chi connectivity index (χ2n) is 6.09. The van der Waals surface area contributed by atoms with Crippen molar-refractivity contribution in [2.45, 2.75) is 6.42 Å². The van der Waals surface area contributed by atoms with Crippen LogP contribution in [0.3, 0.4) is 0 Å². The highest BCUT2D eigenvalue weighted by molar-refractivity contribution is 6.23. The second kappa shape index (κ2) is 5.04. The van der Waals surface area contributed by atoms with Crippen molar-refractivity contribution in [1.82, 2.24) is 14.8 Å². The topological polar surface area (TPSA) is 114 Å². The number of nitrogens with two attached hydrogens (primary N) is 1. The van der Waals surface area contributed by atoms with Gasteiger partial charge in [0.05, 0.1) is 16.8 Å². The van der Waals surface area contributed by atoms with Gasteiger partial charge in [0, 0.05) is 25.2 Å². The Morgan fingerprint density at radius 3 is 2.56 bits per heavy atom. The largest absolute Gasteiger partial charge is 0.384 e. The third kappa shape index (κ3) is 2.07. The number of amides is 3. The Morgan fingerprint density at radius 2 is 1.80 bits per heavy atom. The lowest BCUT2D eigenvalue weighted by molar-refractivity contribution is 0.0779. The number of imide groups is 1. The highest BCUT2D eigenvalue weighted by Crippen LogP contribution is 2.25. The third-order valence-corrected chi connectivity index (χ3v) is 4.59. The molecule has 2 aromatic rings. The molecule has 1 aromatic heterocycles. The molecule has 25 heavy (non-hydrogen) atoms. The van der Waals surface area contributed by atoms with Crippen molar-refractivity contribution in [3.8, 4) is 5.69 Å². The van der Waals surface area contributed by atoms with Crippen LogP contribution >= 0.6 is 0 Å². The lowest BCUT2D eigenvalue weighted by atomic mass is 9.98. The van der Waals surface area contributed by atoms with Gasteiger partial charge >= 0.3 is 0 Å². The van der Waals surface area contributed by atoms with E-state index >= 15 is 0 Å². The molecule has 3 N–H and O–H groups in total. The number of carbonyl (C=O) groups excluding carboxylic acids is 3. The fourth-order valence-corrected chi connectivity index (χ4v) is 3.28. The number of likely N-dealkylation sites (N-methyl/N-ethyl adjacent to an activating group) is 1. The van der Waals surface area contributed by atoms with Gasteiger partial charge in [-0.15, -0.1) is 0 Å². The number of hydrogen-bond donors (Lipinski definition) is 2. The number of rotatable bonds is 1. The number of nitrogens with one attached hydrogen (secondary N) is 1. The minimum Gasteiger partial charge on any atom is -0.384 e. The molecule has 126 valence electrons. The van der Waals surface area contributed by atoms with Crippen LogP contribution in [-0.2, 0) is 6.42 Å². The first kappa shape index (κ1) is 15.1.